The molecule has 0 aliphatic carbocycles. The van der Waals surface area contributed by atoms with Gasteiger partial charge in [0.05, 0.1) is 24.9 Å². The van der Waals surface area contributed by atoms with Crippen LogP contribution in [0.15, 0.2) is 54.6 Å². The molecule has 3 rings (SSSR count). The number of para-hydroxylation sites is 2. The van der Waals surface area contributed by atoms with Gasteiger partial charge in [-0.3, -0.25) is 9.69 Å². The lowest BCUT2D eigenvalue weighted by atomic mass is 10.0. The molecule has 2 aromatic carbocycles. The Balaban J connectivity index is 1.52. The molecule has 5 heteroatoms. The minimum absolute atomic E-state index is 0.0908. The number of nitrogens with zero attached hydrogens (tertiary/aromatic N) is 2. The fourth-order valence-corrected chi connectivity index (χ4v) is 3.88. The van der Waals surface area contributed by atoms with Crippen LogP contribution >= 0.6 is 0 Å². The van der Waals surface area contributed by atoms with Crippen molar-refractivity contribution in [1.29, 1.82) is 0 Å². The molecular weight excluding hydrogens is 362 g/mol. The molecule has 29 heavy (non-hydrogen) atoms. The number of anilines is 1. The van der Waals surface area contributed by atoms with Crippen LogP contribution in [0.5, 0.6) is 5.75 Å². The van der Waals surface area contributed by atoms with Crippen molar-refractivity contribution in [1.82, 2.24) is 10.2 Å². The van der Waals surface area contributed by atoms with E-state index in [-0.39, 0.29) is 11.9 Å². The van der Waals surface area contributed by atoms with Crippen LogP contribution < -0.4 is 15.0 Å². The van der Waals surface area contributed by atoms with E-state index in [0.29, 0.717) is 13.2 Å². The summed E-state index contributed by atoms with van der Waals surface area (Å²) in [6, 6.07) is 18.5. The second kappa shape index (κ2) is 10.9. The minimum Gasteiger partial charge on any atom is -0.492 e. The summed E-state index contributed by atoms with van der Waals surface area (Å²) >= 11 is 0. The van der Waals surface area contributed by atoms with Crippen molar-refractivity contribution in [2.45, 2.75) is 32.7 Å². The maximum Gasteiger partial charge on any atom is 0.234 e. The molecule has 2 aromatic rings. The molecule has 0 saturated carbocycles. The summed E-state index contributed by atoms with van der Waals surface area (Å²) in [6.07, 6.45) is 2.00. The highest BCUT2D eigenvalue weighted by molar-refractivity contribution is 5.78. The van der Waals surface area contributed by atoms with Crippen molar-refractivity contribution in [2.24, 2.45) is 0 Å². The fraction of sp³-hybridized carbons (Fsp3) is 0.458. The molecular formula is C24H33N3O2. The van der Waals surface area contributed by atoms with E-state index in [0.717, 1.165) is 50.5 Å². The third-order valence-corrected chi connectivity index (χ3v) is 5.36. The zero-order valence-corrected chi connectivity index (χ0v) is 17.6. The van der Waals surface area contributed by atoms with Gasteiger partial charge >= 0.3 is 0 Å². The molecule has 0 spiro atoms. The molecule has 1 saturated heterocycles. The van der Waals surface area contributed by atoms with Crippen molar-refractivity contribution >= 4 is 11.6 Å². The molecule has 0 aromatic heterocycles. The third kappa shape index (κ3) is 5.97. The maximum absolute atomic E-state index is 12.7. The number of carbonyl (C=O) groups excluding carboxylic acids is 1. The average molecular weight is 396 g/mol. The Kier molecular flexibility index (Phi) is 7.94. The van der Waals surface area contributed by atoms with Gasteiger partial charge < -0.3 is 15.0 Å². The highest BCUT2D eigenvalue weighted by Crippen LogP contribution is 2.28. The largest absolute Gasteiger partial charge is 0.492 e. The number of piperazine rings is 1. The van der Waals surface area contributed by atoms with Crippen LogP contribution in [-0.4, -0.2) is 50.1 Å². The molecule has 1 amide bonds. The summed E-state index contributed by atoms with van der Waals surface area (Å²) < 4.78 is 5.77. The second-order valence-electron chi connectivity index (χ2n) is 7.48. The number of amides is 1. The Morgan fingerprint density at radius 3 is 2.38 bits per heavy atom. The van der Waals surface area contributed by atoms with Crippen LogP contribution in [0.3, 0.4) is 0 Å². The predicted octanol–water partition coefficient (Wildman–Crippen LogP) is 3.86. The zero-order valence-electron chi connectivity index (χ0n) is 17.6. The Morgan fingerprint density at radius 1 is 1.00 bits per heavy atom. The number of nitrogens with one attached hydrogen (secondary N) is 1. The number of hydrogen-bond acceptors (Lipinski definition) is 4. The SMILES string of the molecule is CCC[C@H](NC(=O)CN1CCN(c2ccccc2OCC)CC1)c1ccccc1. The van der Waals surface area contributed by atoms with E-state index < -0.39 is 0 Å². The topological polar surface area (TPSA) is 44.8 Å². The van der Waals surface area contributed by atoms with Gasteiger partial charge in [0.15, 0.2) is 0 Å². The fourth-order valence-electron chi connectivity index (χ4n) is 3.88. The molecule has 1 atom stereocenters. The molecule has 0 unspecified atom stereocenters. The number of rotatable bonds is 9. The summed E-state index contributed by atoms with van der Waals surface area (Å²) in [6.45, 7) is 8.82. The second-order valence-corrected chi connectivity index (χ2v) is 7.48. The van der Waals surface area contributed by atoms with Crippen LogP contribution in [0.4, 0.5) is 5.69 Å². The third-order valence-electron chi connectivity index (χ3n) is 5.36. The van der Waals surface area contributed by atoms with Gasteiger partial charge in [0.25, 0.3) is 0 Å². The molecule has 1 fully saturated rings. The first kappa shape index (κ1) is 21.2. The Labute approximate surface area is 174 Å². The minimum atomic E-state index is 0.0908. The van der Waals surface area contributed by atoms with Gasteiger partial charge in [-0.2, -0.15) is 0 Å². The molecule has 1 N–H and O–H groups in total. The van der Waals surface area contributed by atoms with Gasteiger partial charge in [-0.1, -0.05) is 55.8 Å². The molecule has 1 heterocycles. The van der Waals surface area contributed by atoms with E-state index in [9.17, 15) is 4.79 Å². The first-order chi connectivity index (χ1) is 14.2. The van der Waals surface area contributed by atoms with E-state index in [4.69, 9.17) is 4.74 Å². The smallest absolute Gasteiger partial charge is 0.234 e. The maximum atomic E-state index is 12.7. The van der Waals surface area contributed by atoms with E-state index in [1.807, 2.05) is 37.3 Å². The Morgan fingerprint density at radius 2 is 1.69 bits per heavy atom. The molecule has 1 aliphatic heterocycles. The van der Waals surface area contributed by atoms with Crippen LogP contribution in [0.1, 0.15) is 38.3 Å². The number of carbonyl (C=O) groups is 1. The van der Waals surface area contributed by atoms with Crippen molar-refractivity contribution in [3.05, 3.63) is 60.2 Å². The van der Waals surface area contributed by atoms with Crippen molar-refractivity contribution in [3.63, 3.8) is 0 Å². The average Bonchev–Trinajstić information content (AvgIpc) is 2.75. The standard InChI is InChI=1S/C24H33N3O2/c1-3-10-21(20-11-6-5-7-12-20)25-24(28)19-26-15-17-27(18-16-26)22-13-8-9-14-23(22)29-4-2/h5-9,11-14,21H,3-4,10,15-19H2,1-2H3,(H,25,28)/t21-/m0/s1. The van der Waals surface area contributed by atoms with Gasteiger partial charge in [0.1, 0.15) is 5.75 Å². The van der Waals surface area contributed by atoms with Crippen molar-refractivity contribution in [2.75, 3.05) is 44.2 Å². The first-order valence-electron chi connectivity index (χ1n) is 10.7. The van der Waals surface area contributed by atoms with Gasteiger partial charge in [0, 0.05) is 26.2 Å². The Hall–Kier alpha value is -2.53. The van der Waals surface area contributed by atoms with E-state index >= 15 is 0 Å². The lowest BCUT2D eigenvalue weighted by Crippen LogP contribution is -2.49. The van der Waals surface area contributed by atoms with E-state index in [1.54, 1.807) is 0 Å². The number of ether oxygens (including phenoxy) is 1. The highest BCUT2D eigenvalue weighted by atomic mass is 16.5. The van der Waals surface area contributed by atoms with Crippen LogP contribution in [0.2, 0.25) is 0 Å². The molecule has 0 bridgehead atoms. The molecule has 0 radical (unpaired) electrons. The van der Waals surface area contributed by atoms with E-state index in [1.165, 1.54) is 5.56 Å². The quantitative estimate of drug-likeness (QED) is 0.700. The van der Waals surface area contributed by atoms with Crippen LogP contribution in [-0.2, 0) is 4.79 Å². The normalized spacial score (nSPS) is 15.7. The van der Waals surface area contributed by atoms with Crippen molar-refractivity contribution < 1.29 is 9.53 Å². The lowest BCUT2D eigenvalue weighted by Gasteiger charge is -2.36. The van der Waals surface area contributed by atoms with Gasteiger partial charge in [-0.15, -0.1) is 0 Å². The van der Waals surface area contributed by atoms with Crippen LogP contribution in [0.25, 0.3) is 0 Å². The summed E-state index contributed by atoms with van der Waals surface area (Å²) in [5.74, 6) is 1.04. The summed E-state index contributed by atoms with van der Waals surface area (Å²) in [7, 11) is 0. The molecule has 156 valence electrons. The lowest BCUT2D eigenvalue weighted by molar-refractivity contribution is -0.123. The monoisotopic (exact) mass is 395 g/mol. The van der Waals surface area contributed by atoms with Gasteiger partial charge in [0.2, 0.25) is 5.91 Å². The Bertz CT molecular complexity index is 758. The zero-order chi connectivity index (χ0) is 20.5. The van der Waals surface area contributed by atoms with Crippen molar-refractivity contribution in [3.8, 4) is 5.75 Å². The summed E-state index contributed by atoms with van der Waals surface area (Å²) in [5, 5.41) is 3.24. The van der Waals surface area contributed by atoms with E-state index in [2.05, 4.69) is 46.3 Å². The summed E-state index contributed by atoms with van der Waals surface area (Å²) in [5.41, 5.74) is 2.32. The molecule has 1 aliphatic rings. The van der Waals surface area contributed by atoms with Gasteiger partial charge in [-0.05, 0) is 31.0 Å². The first-order valence-corrected chi connectivity index (χ1v) is 10.7. The molecule has 5 nitrogen and oxygen atoms in total. The van der Waals surface area contributed by atoms with Gasteiger partial charge in [-0.25, -0.2) is 0 Å². The summed E-state index contributed by atoms with van der Waals surface area (Å²) in [4.78, 5) is 17.3. The number of hydrogen-bond donors (Lipinski definition) is 1. The van der Waals surface area contributed by atoms with Crippen LogP contribution in [0, 0.1) is 0 Å². The number of benzene rings is 2. The highest BCUT2D eigenvalue weighted by Gasteiger charge is 2.22. The predicted molar refractivity (Wildman–Crippen MR) is 118 cm³/mol.